The van der Waals surface area contributed by atoms with Gasteiger partial charge in [-0.3, -0.25) is 9.59 Å². The average Bonchev–Trinajstić information content (AvgIpc) is 2.75. The molecule has 0 aromatic heterocycles. The van der Waals surface area contributed by atoms with E-state index >= 15 is 0 Å². The largest absolute Gasteiger partial charge is 0.493 e. The second-order valence-corrected chi connectivity index (χ2v) is 6.35. The Bertz CT molecular complexity index is 868. The molecule has 1 aliphatic rings. The van der Waals surface area contributed by atoms with Gasteiger partial charge < -0.3 is 24.4 Å². The zero-order chi connectivity index (χ0) is 20.1. The predicted molar refractivity (Wildman–Crippen MR) is 105 cm³/mol. The molecular weight excluding hydrogens is 360 g/mol. The van der Waals surface area contributed by atoms with Crippen LogP contribution in [0, 0.1) is 0 Å². The van der Waals surface area contributed by atoms with Gasteiger partial charge in [0, 0.05) is 12.1 Å². The summed E-state index contributed by atoms with van der Waals surface area (Å²) in [5.41, 5.74) is 1.06. The first-order chi connectivity index (χ1) is 13.6. The lowest BCUT2D eigenvalue weighted by atomic mass is 10.1. The molecule has 1 heterocycles. The number of nitrogens with one attached hydrogen (secondary N) is 1. The first-order valence-electron chi connectivity index (χ1n) is 9.16. The standard InChI is InChI=1S/C21H24N2O5/c1-4-11-22-20(24)19-13-23(15-7-5-6-8-16(15)28-19)21(25)14-9-10-17(26-2)18(12-14)27-3/h5-10,12,19H,4,11,13H2,1-3H3,(H,22,24)/t19-/m1/s1. The van der Waals surface area contributed by atoms with Crippen molar-refractivity contribution in [1.29, 1.82) is 0 Å². The van der Waals surface area contributed by atoms with Gasteiger partial charge in [0.15, 0.2) is 17.6 Å². The fourth-order valence-corrected chi connectivity index (χ4v) is 3.05. The number of rotatable bonds is 6. The minimum absolute atomic E-state index is 0.125. The lowest BCUT2D eigenvalue weighted by molar-refractivity contribution is -0.127. The Morgan fingerprint density at radius 3 is 2.61 bits per heavy atom. The van der Waals surface area contributed by atoms with Crippen LogP contribution in [0.4, 0.5) is 5.69 Å². The number of hydrogen-bond acceptors (Lipinski definition) is 5. The van der Waals surface area contributed by atoms with Crippen molar-refractivity contribution in [2.75, 3.05) is 32.2 Å². The summed E-state index contributed by atoms with van der Waals surface area (Å²) < 4.78 is 16.4. The summed E-state index contributed by atoms with van der Waals surface area (Å²) in [4.78, 5) is 27.3. The minimum Gasteiger partial charge on any atom is -0.493 e. The number of amides is 2. The molecule has 0 saturated heterocycles. The molecule has 2 aromatic carbocycles. The van der Waals surface area contributed by atoms with Gasteiger partial charge in [-0.15, -0.1) is 0 Å². The molecule has 1 atom stereocenters. The van der Waals surface area contributed by atoms with Crippen LogP contribution in [0.2, 0.25) is 0 Å². The van der Waals surface area contributed by atoms with Crippen LogP contribution < -0.4 is 24.4 Å². The van der Waals surface area contributed by atoms with Crippen molar-refractivity contribution >= 4 is 17.5 Å². The van der Waals surface area contributed by atoms with Gasteiger partial charge in [-0.1, -0.05) is 19.1 Å². The van der Waals surface area contributed by atoms with Crippen LogP contribution in [0.25, 0.3) is 0 Å². The number of para-hydroxylation sites is 2. The van der Waals surface area contributed by atoms with E-state index in [0.717, 1.165) is 6.42 Å². The summed E-state index contributed by atoms with van der Waals surface area (Å²) in [5, 5.41) is 2.83. The second-order valence-electron chi connectivity index (χ2n) is 6.35. The molecule has 0 radical (unpaired) electrons. The van der Waals surface area contributed by atoms with E-state index in [1.807, 2.05) is 19.1 Å². The smallest absolute Gasteiger partial charge is 0.262 e. The molecule has 0 unspecified atom stereocenters. The van der Waals surface area contributed by atoms with Gasteiger partial charge >= 0.3 is 0 Å². The summed E-state index contributed by atoms with van der Waals surface area (Å²) in [6, 6.07) is 12.2. The maximum Gasteiger partial charge on any atom is 0.262 e. The Hall–Kier alpha value is -3.22. The van der Waals surface area contributed by atoms with Gasteiger partial charge in [0.25, 0.3) is 11.8 Å². The molecule has 0 fully saturated rings. The number of carbonyl (C=O) groups excluding carboxylic acids is 2. The van der Waals surface area contributed by atoms with Gasteiger partial charge in [0.1, 0.15) is 5.75 Å². The zero-order valence-electron chi connectivity index (χ0n) is 16.2. The molecule has 7 nitrogen and oxygen atoms in total. The topological polar surface area (TPSA) is 77.1 Å². The fraction of sp³-hybridized carbons (Fsp3) is 0.333. The van der Waals surface area contributed by atoms with Crippen LogP contribution in [0.3, 0.4) is 0 Å². The monoisotopic (exact) mass is 384 g/mol. The van der Waals surface area contributed by atoms with Crippen LogP contribution in [0.15, 0.2) is 42.5 Å². The Balaban J connectivity index is 1.92. The van der Waals surface area contributed by atoms with E-state index in [4.69, 9.17) is 14.2 Å². The third-order valence-electron chi connectivity index (χ3n) is 4.49. The first kappa shape index (κ1) is 19.5. The number of carbonyl (C=O) groups is 2. The quantitative estimate of drug-likeness (QED) is 0.829. The molecule has 28 heavy (non-hydrogen) atoms. The van der Waals surface area contributed by atoms with Crippen LogP contribution in [0.1, 0.15) is 23.7 Å². The van der Waals surface area contributed by atoms with E-state index in [9.17, 15) is 9.59 Å². The zero-order valence-corrected chi connectivity index (χ0v) is 16.2. The molecule has 0 bridgehead atoms. The number of methoxy groups -OCH3 is 2. The average molecular weight is 384 g/mol. The summed E-state index contributed by atoms with van der Waals surface area (Å²) in [5.74, 6) is 1.02. The molecule has 7 heteroatoms. The number of anilines is 1. The molecule has 2 amide bonds. The number of benzene rings is 2. The van der Waals surface area contributed by atoms with E-state index in [1.165, 1.54) is 14.2 Å². The Labute approximate surface area is 164 Å². The van der Waals surface area contributed by atoms with Crippen LogP contribution in [-0.2, 0) is 4.79 Å². The van der Waals surface area contributed by atoms with Crippen molar-refractivity contribution in [3.8, 4) is 17.2 Å². The summed E-state index contributed by atoms with van der Waals surface area (Å²) in [6.07, 6.45) is 0.0501. The number of fused-ring (bicyclic) bond motifs is 1. The molecule has 2 aromatic rings. The van der Waals surface area contributed by atoms with E-state index in [0.29, 0.717) is 35.0 Å². The van der Waals surface area contributed by atoms with E-state index in [2.05, 4.69) is 5.32 Å². The van der Waals surface area contributed by atoms with E-state index < -0.39 is 6.10 Å². The number of ether oxygens (including phenoxy) is 3. The van der Waals surface area contributed by atoms with E-state index in [-0.39, 0.29) is 18.4 Å². The summed E-state index contributed by atoms with van der Waals surface area (Å²) in [6.45, 7) is 2.66. The molecule has 0 spiro atoms. The summed E-state index contributed by atoms with van der Waals surface area (Å²) >= 11 is 0. The normalized spacial score (nSPS) is 15.2. The molecule has 1 aliphatic heterocycles. The lowest BCUT2D eigenvalue weighted by Gasteiger charge is -2.34. The predicted octanol–water partition coefficient (Wildman–Crippen LogP) is 2.64. The maximum absolute atomic E-state index is 13.3. The van der Waals surface area contributed by atoms with Crippen molar-refractivity contribution in [1.82, 2.24) is 5.32 Å². The first-order valence-corrected chi connectivity index (χ1v) is 9.16. The van der Waals surface area contributed by atoms with Gasteiger partial charge in [-0.05, 0) is 36.8 Å². The number of hydrogen-bond donors (Lipinski definition) is 1. The van der Waals surface area contributed by atoms with Crippen molar-refractivity contribution in [2.45, 2.75) is 19.4 Å². The Morgan fingerprint density at radius 1 is 1.14 bits per heavy atom. The molecule has 1 N–H and O–H groups in total. The van der Waals surface area contributed by atoms with Crippen molar-refractivity contribution in [3.05, 3.63) is 48.0 Å². The SMILES string of the molecule is CCCNC(=O)[C@H]1CN(C(=O)c2ccc(OC)c(OC)c2)c2ccccc2O1. The maximum atomic E-state index is 13.3. The lowest BCUT2D eigenvalue weighted by Crippen LogP contribution is -2.50. The summed E-state index contributed by atoms with van der Waals surface area (Å²) in [7, 11) is 3.06. The third kappa shape index (κ3) is 3.88. The molecule has 148 valence electrons. The highest BCUT2D eigenvalue weighted by molar-refractivity contribution is 6.08. The Morgan fingerprint density at radius 2 is 1.89 bits per heavy atom. The number of nitrogens with zero attached hydrogens (tertiary/aromatic N) is 1. The van der Waals surface area contributed by atoms with Crippen molar-refractivity contribution in [2.24, 2.45) is 0 Å². The van der Waals surface area contributed by atoms with Crippen molar-refractivity contribution in [3.63, 3.8) is 0 Å². The van der Waals surface area contributed by atoms with Crippen molar-refractivity contribution < 1.29 is 23.8 Å². The van der Waals surface area contributed by atoms with Crippen LogP contribution >= 0.6 is 0 Å². The molecule has 3 rings (SSSR count). The highest BCUT2D eigenvalue weighted by Gasteiger charge is 2.34. The van der Waals surface area contributed by atoms with Gasteiger partial charge in [0.05, 0.1) is 26.5 Å². The highest BCUT2D eigenvalue weighted by Crippen LogP contribution is 2.35. The molecule has 0 saturated carbocycles. The molecule has 0 aliphatic carbocycles. The van der Waals surface area contributed by atoms with Gasteiger partial charge in [0.2, 0.25) is 0 Å². The highest BCUT2D eigenvalue weighted by atomic mass is 16.5. The van der Waals surface area contributed by atoms with E-state index in [1.54, 1.807) is 35.2 Å². The fourth-order valence-electron chi connectivity index (χ4n) is 3.05. The second kappa shape index (κ2) is 8.65. The third-order valence-corrected chi connectivity index (χ3v) is 4.49. The minimum atomic E-state index is -0.773. The van der Waals surface area contributed by atoms with Gasteiger partial charge in [-0.25, -0.2) is 0 Å². The molecular formula is C21H24N2O5. The van der Waals surface area contributed by atoms with Gasteiger partial charge in [-0.2, -0.15) is 0 Å². The van der Waals surface area contributed by atoms with Crippen LogP contribution in [0.5, 0.6) is 17.2 Å². The van der Waals surface area contributed by atoms with Crippen LogP contribution in [-0.4, -0.2) is 45.2 Å². The Kier molecular flexibility index (Phi) is 6.03.